The molecule has 146 valence electrons. The minimum absolute atomic E-state index is 0.288. The average Bonchev–Trinajstić information content (AvgIpc) is 2.91. The molecule has 0 bridgehead atoms. The van der Waals surface area contributed by atoms with Crippen LogP contribution < -0.4 is 10.9 Å². The van der Waals surface area contributed by atoms with E-state index in [1.807, 2.05) is 29.2 Å². The van der Waals surface area contributed by atoms with Gasteiger partial charge >= 0.3 is 5.63 Å². The van der Waals surface area contributed by atoms with Gasteiger partial charge in [-0.2, -0.15) is 0 Å². The molecule has 2 aromatic carbocycles. The van der Waals surface area contributed by atoms with Crippen molar-refractivity contribution >= 4 is 27.6 Å². The van der Waals surface area contributed by atoms with Crippen LogP contribution in [-0.4, -0.2) is 30.4 Å². The van der Waals surface area contributed by atoms with Gasteiger partial charge in [0.2, 0.25) is 5.91 Å². The fourth-order valence-corrected chi connectivity index (χ4v) is 4.05. The minimum Gasteiger partial charge on any atom is -0.423 e. The van der Waals surface area contributed by atoms with E-state index >= 15 is 0 Å². The highest BCUT2D eigenvalue weighted by Gasteiger charge is 2.15. The van der Waals surface area contributed by atoms with Gasteiger partial charge in [-0.3, -0.25) is 4.79 Å². The summed E-state index contributed by atoms with van der Waals surface area (Å²) in [4.78, 5) is 26.0. The van der Waals surface area contributed by atoms with Gasteiger partial charge in [0.05, 0.1) is 0 Å². The predicted octanol–water partition coefficient (Wildman–Crippen LogP) is 3.83. The fourth-order valence-electron chi connectivity index (χ4n) is 4.05. The Morgan fingerprint density at radius 2 is 1.93 bits per heavy atom. The molecular formula is C23H26N2O3. The van der Waals surface area contributed by atoms with E-state index in [-0.39, 0.29) is 11.5 Å². The lowest BCUT2D eigenvalue weighted by Gasteiger charge is -2.20. The van der Waals surface area contributed by atoms with Crippen molar-refractivity contribution in [3.63, 3.8) is 0 Å². The number of carbonyl (C=O) groups excluding carboxylic acids is 1. The van der Waals surface area contributed by atoms with Gasteiger partial charge in [-0.05, 0) is 48.2 Å². The van der Waals surface area contributed by atoms with Crippen LogP contribution in [0.15, 0.2) is 51.7 Å². The zero-order valence-corrected chi connectivity index (χ0v) is 16.1. The van der Waals surface area contributed by atoms with Crippen molar-refractivity contribution in [2.45, 2.75) is 38.6 Å². The van der Waals surface area contributed by atoms with Gasteiger partial charge in [0, 0.05) is 37.5 Å². The Kier molecular flexibility index (Phi) is 5.72. The van der Waals surface area contributed by atoms with Gasteiger partial charge in [0.25, 0.3) is 0 Å². The largest absolute Gasteiger partial charge is 0.423 e. The number of hydrogen-bond acceptors (Lipinski definition) is 4. The molecular weight excluding hydrogens is 352 g/mol. The summed E-state index contributed by atoms with van der Waals surface area (Å²) in [5.41, 5.74) is 1.25. The molecule has 0 aliphatic carbocycles. The monoisotopic (exact) mass is 378 g/mol. The first kappa shape index (κ1) is 18.7. The number of nitrogens with one attached hydrogen (secondary N) is 1. The van der Waals surface area contributed by atoms with Crippen molar-refractivity contribution in [1.29, 1.82) is 0 Å². The van der Waals surface area contributed by atoms with Gasteiger partial charge in [-0.1, -0.05) is 36.8 Å². The highest BCUT2D eigenvalue weighted by molar-refractivity contribution is 6.07. The minimum atomic E-state index is -0.324. The number of nitrogens with zero attached hydrogens (tertiary/aromatic N) is 1. The molecule has 1 saturated heterocycles. The van der Waals surface area contributed by atoms with E-state index in [0.29, 0.717) is 18.5 Å². The van der Waals surface area contributed by atoms with Crippen LogP contribution in [0.4, 0.5) is 0 Å². The third-order valence-corrected chi connectivity index (χ3v) is 5.48. The van der Waals surface area contributed by atoms with Crippen molar-refractivity contribution in [3.8, 4) is 0 Å². The molecule has 1 aliphatic heterocycles. The lowest BCUT2D eigenvalue weighted by molar-refractivity contribution is -0.130. The molecule has 5 heteroatoms. The molecule has 1 amide bonds. The predicted molar refractivity (Wildman–Crippen MR) is 111 cm³/mol. The van der Waals surface area contributed by atoms with E-state index in [9.17, 15) is 9.59 Å². The van der Waals surface area contributed by atoms with Crippen LogP contribution in [0.25, 0.3) is 21.7 Å². The molecule has 0 saturated carbocycles. The Hall–Kier alpha value is -2.66. The van der Waals surface area contributed by atoms with E-state index in [1.54, 1.807) is 6.07 Å². The second-order valence-electron chi connectivity index (χ2n) is 7.47. The topological polar surface area (TPSA) is 62.6 Å². The molecule has 1 fully saturated rings. The molecule has 28 heavy (non-hydrogen) atoms. The molecule has 1 aromatic heterocycles. The molecule has 0 atom stereocenters. The summed E-state index contributed by atoms with van der Waals surface area (Å²) in [6.45, 7) is 3.09. The lowest BCUT2D eigenvalue weighted by Crippen LogP contribution is -2.32. The smallest absolute Gasteiger partial charge is 0.336 e. The van der Waals surface area contributed by atoms with E-state index < -0.39 is 0 Å². The summed E-state index contributed by atoms with van der Waals surface area (Å²) in [5, 5.41) is 6.65. The first-order chi connectivity index (χ1) is 13.7. The molecule has 1 aliphatic rings. The van der Waals surface area contributed by atoms with Crippen molar-refractivity contribution < 1.29 is 9.21 Å². The molecule has 0 radical (unpaired) electrons. The zero-order valence-electron chi connectivity index (χ0n) is 16.1. The maximum atomic E-state index is 12.1. The highest BCUT2D eigenvalue weighted by Crippen LogP contribution is 2.27. The summed E-state index contributed by atoms with van der Waals surface area (Å²) in [6, 6.07) is 13.6. The number of amides is 1. The van der Waals surface area contributed by atoms with E-state index in [0.717, 1.165) is 67.0 Å². The van der Waals surface area contributed by atoms with Gasteiger partial charge < -0.3 is 14.6 Å². The normalized spacial score (nSPS) is 15.3. The Morgan fingerprint density at radius 3 is 2.86 bits per heavy atom. The highest BCUT2D eigenvalue weighted by atomic mass is 16.4. The van der Waals surface area contributed by atoms with E-state index in [4.69, 9.17) is 4.42 Å². The van der Waals surface area contributed by atoms with E-state index in [2.05, 4.69) is 17.4 Å². The van der Waals surface area contributed by atoms with Gasteiger partial charge in [0.1, 0.15) is 5.58 Å². The number of hydrogen-bond donors (Lipinski definition) is 1. The zero-order chi connectivity index (χ0) is 19.3. The number of rotatable bonds is 6. The summed E-state index contributed by atoms with van der Waals surface area (Å²) in [5.74, 6) is 0.288. The number of benzene rings is 2. The molecule has 4 rings (SSSR count). The summed E-state index contributed by atoms with van der Waals surface area (Å²) in [6.07, 6.45) is 4.87. The summed E-state index contributed by atoms with van der Waals surface area (Å²) < 4.78 is 5.41. The first-order valence-corrected chi connectivity index (χ1v) is 10.2. The maximum absolute atomic E-state index is 12.1. The van der Waals surface area contributed by atoms with Crippen LogP contribution in [0.1, 0.15) is 37.7 Å². The lowest BCUT2D eigenvalue weighted by atomic mass is 10.0. The molecule has 0 spiro atoms. The molecule has 1 N–H and O–H groups in total. The Labute approximate surface area is 164 Å². The standard InChI is InChI=1S/C23H26N2O3/c26-21-9-2-1-5-13-25(21)14-6-12-24-16-18-15-22(27)28-20-11-10-17-7-3-4-8-19(17)23(18)20/h3-4,7-8,10-11,15,24H,1-2,5-6,9,12-14,16H2. The number of fused-ring (bicyclic) bond motifs is 3. The van der Waals surface area contributed by atoms with Crippen LogP contribution >= 0.6 is 0 Å². The molecule has 3 aromatic rings. The molecule has 2 heterocycles. The van der Waals surface area contributed by atoms with Crippen molar-refractivity contribution in [1.82, 2.24) is 10.2 Å². The van der Waals surface area contributed by atoms with Crippen LogP contribution in [-0.2, 0) is 11.3 Å². The van der Waals surface area contributed by atoms with Crippen LogP contribution in [0.3, 0.4) is 0 Å². The molecule has 0 unspecified atom stereocenters. The van der Waals surface area contributed by atoms with Crippen molar-refractivity contribution in [2.24, 2.45) is 0 Å². The third-order valence-electron chi connectivity index (χ3n) is 5.48. The second-order valence-corrected chi connectivity index (χ2v) is 7.47. The summed E-state index contributed by atoms with van der Waals surface area (Å²) in [7, 11) is 0. The molecule has 5 nitrogen and oxygen atoms in total. The Bertz CT molecular complexity index is 1040. The second kappa shape index (κ2) is 8.57. The van der Waals surface area contributed by atoms with Crippen molar-refractivity contribution in [3.05, 3.63) is 58.4 Å². The fraction of sp³-hybridized carbons (Fsp3) is 0.391. The third kappa shape index (κ3) is 4.09. The van der Waals surface area contributed by atoms with Gasteiger partial charge in [-0.15, -0.1) is 0 Å². The van der Waals surface area contributed by atoms with Gasteiger partial charge in [-0.25, -0.2) is 4.79 Å². The number of carbonyl (C=O) groups is 1. The van der Waals surface area contributed by atoms with Crippen LogP contribution in [0.2, 0.25) is 0 Å². The average molecular weight is 378 g/mol. The van der Waals surface area contributed by atoms with Gasteiger partial charge in [0.15, 0.2) is 0 Å². The quantitative estimate of drug-likeness (QED) is 0.402. The Morgan fingerprint density at radius 1 is 1.04 bits per heavy atom. The summed E-state index contributed by atoms with van der Waals surface area (Å²) >= 11 is 0. The van der Waals surface area contributed by atoms with E-state index in [1.165, 1.54) is 0 Å². The number of likely N-dealkylation sites (tertiary alicyclic amines) is 1. The van der Waals surface area contributed by atoms with Crippen LogP contribution in [0.5, 0.6) is 0 Å². The van der Waals surface area contributed by atoms with Crippen molar-refractivity contribution in [2.75, 3.05) is 19.6 Å². The maximum Gasteiger partial charge on any atom is 0.336 e. The first-order valence-electron chi connectivity index (χ1n) is 10.2. The van der Waals surface area contributed by atoms with Crippen LogP contribution in [0, 0.1) is 0 Å². The SMILES string of the molecule is O=C1CCCCCN1CCCNCc1cc(=O)oc2ccc3ccccc3c12. The Balaban J connectivity index is 1.44.